The van der Waals surface area contributed by atoms with Crippen LogP contribution in [0.4, 0.5) is 11.4 Å². The molecule has 0 aliphatic carbocycles. The summed E-state index contributed by atoms with van der Waals surface area (Å²) in [7, 11) is 0. The molecule has 0 bridgehead atoms. The minimum absolute atomic E-state index is 0.491. The lowest BCUT2D eigenvalue weighted by Crippen LogP contribution is -2.30. The highest BCUT2D eigenvalue weighted by Gasteiger charge is 2.17. The highest BCUT2D eigenvalue weighted by atomic mass is 16.5. The van der Waals surface area contributed by atoms with Gasteiger partial charge in [0.2, 0.25) is 0 Å². The van der Waals surface area contributed by atoms with E-state index < -0.39 is 41.1 Å². The first-order valence-corrected chi connectivity index (χ1v) is 6.93. The number of esters is 1. The van der Waals surface area contributed by atoms with Gasteiger partial charge in [-0.2, -0.15) is 0 Å². The molecule has 24 heavy (non-hydrogen) atoms. The number of ether oxygens (including phenoxy) is 1. The van der Waals surface area contributed by atoms with Gasteiger partial charge in [0, 0.05) is 5.69 Å². The highest BCUT2D eigenvalue weighted by Crippen LogP contribution is 2.13. The van der Waals surface area contributed by atoms with E-state index >= 15 is 0 Å². The lowest BCUT2D eigenvalue weighted by Gasteiger charge is -2.08. The number of nitrogens with two attached hydrogens (primary N) is 1. The first-order valence-electron chi connectivity index (χ1n) is 6.93. The van der Waals surface area contributed by atoms with Gasteiger partial charge in [-0.25, -0.2) is 9.59 Å². The third-order valence-corrected chi connectivity index (χ3v) is 3.02. The number of aromatic amines is 2. The molecule has 9 nitrogen and oxygen atoms in total. The number of nitrogens with one attached hydrogen (secondary N) is 3. The van der Waals surface area contributed by atoms with Gasteiger partial charge in [0.25, 0.3) is 11.5 Å². The predicted octanol–water partition coefficient (Wildman–Crippen LogP) is 0.0577. The Bertz CT molecular complexity index is 893. The SMILES string of the molecule is Cc1cc(C)cc(NC(=O)COC(=O)c2[nH]c(=O)[nH]c(=O)c2N)c1. The maximum Gasteiger partial charge on any atom is 0.357 e. The van der Waals surface area contributed by atoms with Crippen molar-refractivity contribution >= 4 is 23.3 Å². The second kappa shape index (κ2) is 6.82. The zero-order chi connectivity index (χ0) is 17.9. The Morgan fingerprint density at radius 2 is 1.75 bits per heavy atom. The molecule has 1 aromatic carbocycles. The third-order valence-electron chi connectivity index (χ3n) is 3.02. The highest BCUT2D eigenvalue weighted by molar-refractivity contribution is 5.96. The molecular weight excluding hydrogens is 316 g/mol. The molecule has 2 rings (SSSR count). The Morgan fingerprint density at radius 3 is 2.38 bits per heavy atom. The van der Waals surface area contributed by atoms with E-state index in [0.29, 0.717) is 5.69 Å². The van der Waals surface area contributed by atoms with E-state index in [1.165, 1.54) is 0 Å². The molecule has 0 radical (unpaired) electrons. The van der Waals surface area contributed by atoms with E-state index in [2.05, 4.69) is 10.3 Å². The molecule has 1 amide bonds. The van der Waals surface area contributed by atoms with Crippen LogP contribution in [-0.2, 0) is 9.53 Å². The molecule has 126 valence electrons. The lowest BCUT2D eigenvalue weighted by molar-refractivity contribution is -0.119. The second-order valence-corrected chi connectivity index (χ2v) is 5.20. The lowest BCUT2D eigenvalue weighted by atomic mass is 10.1. The van der Waals surface area contributed by atoms with Gasteiger partial charge in [-0.1, -0.05) is 6.07 Å². The monoisotopic (exact) mass is 332 g/mol. The Morgan fingerprint density at radius 1 is 1.12 bits per heavy atom. The molecular formula is C15H16N4O5. The molecule has 0 unspecified atom stereocenters. The molecule has 0 saturated heterocycles. The number of rotatable bonds is 4. The summed E-state index contributed by atoms with van der Waals surface area (Å²) < 4.78 is 4.76. The van der Waals surface area contributed by atoms with Crippen LogP contribution < -0.4 is 22.3 Å². The first-order chi connectivity index (χ1) is 11.3. The van der Waals surface area contributed by atoms with Crippen molar-refractivity contribution in [2.45, 2.75) is 13.8 Å². The van der Waals surface area contributed by atoms with E-state index in [0.717, 1.165) is 11.1 Å². The van der Waals surface area contributed by atoms with E-state index in [9.17, 15) is 19.2 Å². The van der Waals surface area contributed by atoms with Crippen molar-refractivity contribution in [3.8, 4) is 0 Å². The largest absolute Gasteiger partial charge is 0.451 e. The fraction of sp³-hybridized carbons (Fsp3) is 0.200. The van der Waals surface area contributed by atoms with E-state index in [1.807, 2.05) is 24.9 Å². The smallest absolute Gasteiger partial charge is 0.357 e. The number of aryl methyl sites for hydroxylation is 2. The minimum atomic E-state index is -1.08. The summed E-state index contributed by atoms with van der Waals surface area (Å²) in [6.07, 6.45) is 0. The Kier molecular flexibility index (Phi) is 4.83. The average molecular weight is 332 g/mol. The van der Waals surface area contributed by atoms with Crippen LogP contribution in [0.5, 0.6) is 0 Å². The van der Waals surface area contributed by atoms with Crippen molar-refractivity contribution in [1.29, 1.82) is 0 Å². The van der Waals surface area contributed by atoms with Gasteiger partial charge in [0.15, 0.2) is 12.3 Å². The van der Waals surface area contributed by atoms with Crippen LogP contribution in [0.15, 0.2) is 27.8 Å². The van der Waals surface area contributed by atoms with Crippen molar-refractivity contribution in [2.24, 2.45) is 0 Å². The van der Waals surface area contributed by atoms with Crippen LogP contribution in [0.25, 0.3) is 0 Å². The van der Waals surface area contributed by atoms with Crippen LogP contribution >= 0.6 is 0 Å². The van der Waals surface area contributed by atoms with Crippen molar-refractivity contribution < 1.29 is 14.3 Å². The second-order valence-electron chi connectivity index (χ2n) is 5.20. The topological polar surface area (TPSA) is 147 Å². The van der Waals surface area contributed by atoms with Gasteiger partial charge >= 0.3 is 11.7 Å². The maximum atomic E-state index is 11.8. The summed E-state index contributed by atoms with van der Waals surface area (Å²) in [5.74, 6) is -1.65. The standard InChI is InChI=1S/C15H16N4O5/c1-7-3-8(2)5-9(4-7)17-10(20)6-24-14(22)12-11(16)13(21)19-15(23)18-12/h3-5H,6,16H2,1-2H3,(H,17,20)(H2,18,19,21,23). The molecule has 0 fully saturated rings. The summed E-state index contributed by atoms with van der Waals surface area (Å²) in [5.41, 5.74) is 5.10. The number of anilines is 2. The van der Waals surface area contributed by atoms with Crippen LogP contribution in [-0.4, -0.2) is 28.5 Å². The molecule has 0 aliphatic heterocycles. The van der Waals surface area contributed by atoms with Gasteiger partial charge in [0.05, 0.1) is 0 Å². The number of H-pyrrole nitrogens is 2. The van der Waals surface area contributed by atoms with E-state index in [-0.39, 0.29) is 0 Å². The number of hydrogen-bond donors (Lipinski definition) is 4. The third kappa shape index (κ3) is 4.09. The minimum Gasteiger partial charge on any atom is -0.451 e. The number of aromatic nitrogens is 2. The number of hydrogen-bond acceptors (Lipinski definition) is 6. The summed E-state index contributed by atoms with van der Waals surface area (Å²) in [4.78, 5) is 50.1. The quantitative estimate of drug-likeness (QED) is 0.582. The maximum absolute atomic E-state index is 11.8. The zero-order valence-electron chi connectivity index (χ0n) is 13.1. The van der Waals surface area contributed by atoms with Crippen LogP contribution in [0.1, 0.15) is 21.6 Å². The molecule has 5 N–H and O–H groups in total. The molecule has 0 spiro atoms. The zero-order valence-corrected chi connectivity index (χ0v) is 13.1. The van der Waals surface area contributed by atoms with Gasteiger partial charge < -0.3 is 15.8 Å². The van der Waals surface area contributed by atoms with Gasteiger partial charge in [-0.3, -0.25) is 19.6 Å². The van der Waals surface area contributed by atoms with E-state index in [4.69, 9.17) is 10.5 Å². The fourth-order valence-corrected chi connectivity index (χ4v) is 2.10. The number of amides is 1. The van der Waals surface area contributed by atoms with E-state index in [1.54, 1.807) is 12.1 Å². The normalized spacial score (nSPS) is 10.2. The summed E-state index contributed by atoms with van der Waals surface area (Å²) >= 11 is 0. The predicted molar refractivity (Wildman–Crippen MR) is 86.9 cm³/mol. The van der Waals surface area contributed by atoms with Crippen LogP contribution in [0.2, 0.25) is 0 Å². The summed E-state index contributed by atoms with van der Waals surface area (Å²) in [6, 6.07) is 5.47. The Balaban J connectivity index is 2.02. The summed E-state index contributed by atoms with van der Waals surface area (Å²) in [5, 5.41) is 2.58. The number of carbonyl (C=O) groups excluding carboxylic acids is 2. The van der Waals surface area contributed by atoms with Crippen molar-refractivity contribution in [1.82, 2.24) is 9.97 Å². The fourth-order valence-electron chi connectivity index (χ4n) is 2.10. The molecule has 0 aliphatic rings. The van der Waals surface area contributed by atoms with Crippen molar-refractivity contribution in [3.05, 3.63) is 55.9 Å². The molecule has 9 heteroatoms. The summed E-state index contributed by atoms with van der Waals surface area (Å²) in [6.45, 7) is 3.17. The number of benzene rings is 1. The molecule has 2 aromatic rings. The van der Waals surface area contributed by atoms with Crippen molar-refractivity contribution in [2.75, 3.05) is 17.7 Å². The molecule has 0 atom stereocenters. The van der Waals surface area contributed by atoms with Crippen LogP contribution in [0.3, 0.4) is 0 Å². The number of nitrogen functional groups attached to an aromatic ring is 1. The van der Waals surface area contributed by atoms with Gasteiger partial charge in [-0.05, 0) is 37.1 Å². The Labute approximate surface area is 135 Å². The van der Waals surface area contributed by atoms with Crippen molar-refractivity contribution in [3.63, 3.8) is 0 Å². The Hall–Kier alpha value is -3.36. The first kappa shape index (κ1) is 17.0. The molecule has 0 saturated carbocycles. The number of carbonyl (C=O) groups is 2. The molecule has 1 aromatic heterocycles. The van der Waals surface area contributed by atoms with Gasteiger partial charge in [0.1, 0.15) is 5.69 Å². The average Bonchev–Trinajstić information content (AvgIpc) is 2.47. The van der Waals surface area contributed by atoms with Crippen LogP contribution in [0, 0.1) is 13.8 Å². The molecule has 1 heterocycles. The van der Waals surface area contributed by atoms with Gasteiger partial charge in [-0.15, -0.1) is 0 Å².